The standard InChI is InChI=1S/C27H31OS/c1-2-3-4-5-6-7-14-19-29-24-20-25(22-15-10-8-11-16-22)27(28)26(21-24)23-17-12-9-13-18-23/h8-13,15-18,20-21H,2-7,14,19H2,1H3. The van der Waals surface area contributed by atoms with Crippen molar-refractivity contribution in [3.05, 3.63) is 72.8 Å². The first-order valence-corrected chi connectivity index (χ1v) is 11.9. The second-order valence-electron chi connectivity index (χ2n) is 7.55. The molecule has 0 unspecified atom stereocenters. The SMILES string of the molecule is CCCCCCCCCSc1cc(-c2ccccc2)c([O])c(-c2ccccc2)c1. The van der Waals surface area contributed by atoms with E-state index >= 15 is 0 Å². The molecular formula is C27H31OS. The molecule has 0 saturated carbocycles. The van der Waals surface area contributed by atoms with E-state index in [1.165, 1.54) is 49.8 Å². The summed E-state index contributed by atoms with van der Waals surface area (Å²) in [5.74, 6) is 1.22. The molecule has 1 nitrogen and oxygen atoms in total. The van der Waals surface area contributed by atoms with Crippen LogP contribution in [-0.2, 0) is 5.11 Å². The first-order valence-electron chi connectivity index (χ1n) is 10.9. The van der Waals surface area contributed by atoms with Crippen molar-refractivity contribution in [1.29, 1.82) is 0 Å². The lowest BCUT2D eigenvalue weighted by Gasteiger charge is -2.12. The van der Waals surface area contributed by atoms with Crippen LogP contribution in [0.25, 0.3) is 22.3 Å². The highest BCUT2D eigenvalue weighted by atomic mass is 32.2. The summed E-state index contributed by atoms with van der Waals surface area (Å²) in [7, 11) is 0. The van der Waals surface area contributed by atoms with Gasteiger partial charge in [-0.2, -0.15) is 0 Å². The van der Waals surface area contributed by atoms with E-state index in [0.717, 1.165) is 28.0 Å². The summed E-state index contributed by atoms with van der Waals surface area (Å²) in [5, 5.41) is 13.2. The topological polar surface area (TPSA) is 19.9 Å². The third-order valence-corrected chi connectivity index (χ3v) is 6.31. The molecule has 3 aromatic carbocycles. The van der Waals surface area contributed by atoms with Crippen LogP contribution in [0.3, 0.4) is 0 Å². The van der Waals surface area contributed by atoms with E-state index in [1.807, 2.05) is 72.4 Å². The van der Waals surface area contributed by atoms with Gasteiger partial charge in [-0.15, -0.1) is 11.8 Å². The lowest BCUT2D eigenvalue weighted by atomic mass is 9.97. The molecule has 0 amide bonds. The third kappa shape index (κ3) is 6.40. The monoisotopic (exact) mass is 403 g/mol. The van der Waals surface area contributed by atoms with Gasteiger partial charge < -0.3 is 0 Å². The Morgan fingerprint density at radius 1 is 0.655 bits per heavy atom. The van der Waals surface area contributed by atoms with Crippen molar-refractivity contribution in [2.45, 2.75) is 56.8 Å². The molecule has 0 heterocycles. The van der Waals surface area contributed by atoms with Crippen LogP contribution in [0.1, 0.15) is 51.9 Å². The predicted molar refractivity (Wildman–Crippen MR) is 126 cm³/mol. The molecule has 3 rings (SSSR count). The minimum atomic E-state index is 0.114. The van der Waals surface area contributed by atoms with Crippen LogP contribution in [0.4, 0.5) is 0 Å². The summed E-state index contributed by atoms with van der Waals surface area (Å²) in [6, 6.07) is 24.2. The van der Waals surface area contributed by atoms with Crippen molar-refractivity contribution in [3.8, 4) is 28.0 Å². The molecule has 0 aliphatic rings. The fraction of sp³-hybridized carbons (Fsp3) is 0.333. The molecule has 0 fully saturated rings. The molecule has 0 spiro atoms. The van der Waals surface area contributed by atoms with E-state index in [0.29, 0.717) is 0 Å². The summed E-state index contributed by atoms with van der Waals surface area (Å²) in [6.07, 6.45) is 9.27. The van der Waals surface area contributed by atoms with Crippen LogP contribution >= 0.6 is 11.8 Å². The van der Waals surface area contributed by atoms with Crippen molar-refractivity contribution < 1.29 is 5.11 Å². The maximum absolute atomic E-state index is 13.2. The minimum Gasteiger partial charge on any atom is -0.289 e. The second-order valence-corrected chi connectivity index (χ2v) is 8.72. The smallest absolute Gasteiger partial charge is 0.194 e. The molecule has 0 aliphatic heterocycles. The van der Waals surface area contributed by atoms with Gasteiger partial charge in [-0.05, 0) is 35.4 Å². The predicted octanol–water partition coefficient (Wildman–Crippen LogP) is 9.01. The molecule has 2 heteroatoms. The van der Waals surface area contributed by atoms with Crippen LogP contribution in [0.15, 0.2) is 77.7 Å². The zero-order valence-corrected chi connectivity index (χ0v) is 18.2. The number of thioether (sulfide) groups is 1. The number of hydrogen-bond acceptors (Lipinski definition) is 1. The number of benzene rings is 3. The van der Waals surface area contributed by atoms with Gasteiger partial charge in [0, 0.05) is 16.0 Å². The van der Waals surface area contributed by atoms with E-state index < -0.39 is 0 Å². The molecule has 1 radical (unpaired) electrons. The highest BCUT2D eigenvalue weighted by molar-refractivity contribution is 7.99. The summed E-state index contributed by atoms with van der Waals surface area (Å²) >= 11 is 1.88. The lowest BCUT2D eigenvalue weighted by molar-refractivity contribution is 0.358. The zero-order chi connectivity index (χ0) is 20.3. The van der Waals surface area contributed by atoms with E-state index in [1.54, 1.807) is 0 Å². The molecule has 0 atom stereocenters. The van der Waals surface area contributed by atoms with Crippen molar-refractivity contribution in [2.24, 2.45) is 0 Å². The maximum Gasteiger partial charge on any atom is 0.194 e. The van der Waals surface area contributed by atoms with Crippen LogP contribution < -0.4 is 0 Å². The first-order chi connectivity index (χ1) is 14.3. The number of rotatable bonds is 11. The Morgan fingerprint density at radius 3 is 1.66 bits per heavy atom. The first kappa shape index (κ1) is 21.5. The van der Waals surface area contributed by atoms with E-state index in [-0.39, 0.29) is 5.75 Å². The Hall–Kier alpha value is -2.19. The fourth-order valence-electron chi connectivity index (χ4n) is 3.60. The van der Waals surface area contributed by atoms with E-state index in [2.05, 4.69) is 19.1 Å². The van der Waals surface area contributed by atoms with Gasteiger partial charge in [0.15, 0.2) is 5.75 Å². The van der Waals surface area contributed by atoms with Gasteiger partial charge in [-0.3, -0.25) is 5.11 Å². The van der Waals surface area contributed by atoms with Gasteiger partial charge in [0.25, 0.3) is 0 Å². The molecule has 0 bridgehead atoms. The summed E-state index contributed by atoms with van der Waals surface area (Å²) in [5.41, 5.74) is 3.59. The Labute approximate surface area is 180 Å². The zero-order valence-electron chi connectivity index (χ0n) is 17.4. The molecule has 3 aromatic rings. The summed E-state index contributed by atoms with van der Waals surface area (Å²) in [6.45, 7) is 2.26. The van der Waals surface area contributed by atoms with Gasteiger partial charge in [0.1, 0.15) is 0 Å². The Kier molecular flexibility index (Phi) is 8.70. The normalized spacial score (nSPS) is 10.9. The Bertz CT molecular complexity index is 798. The van der Waals surface area contributed by atoms with Gasteiger partial charge in [0.2, 0.25) is 0 Å². The third-order valence-electron chi connectivity index (χ3n) is 5.25. The van der Waals surface area contributed by atoms with Gasteiger partial charge in [-0.1, -0.05) is 106 Å². The number of unbranched alkanes of at least 4 members (excludes halogenated alkanes) is 6. The van der Waals surface area contributed by atoms with Crippen LogP contribution in [0, 0.1) is 0 Å². The minimum absolute atomic E-state index is 0.114. The summed E-state index contributed by atoms with van der Waals surface area (Å²) in [4.78, 5) is 1.19. The highest BCUT2D eigenvalue weighted by Gasteiger charge is 2.15. The lowest BCUT2D eigenvalue weighted by Crippen LogP contribution is -1.88. The Morgan fingerprint density at radius 2 is 1.14 bits per heavy atom. The molecule has 0 saturated heterocycles. The van der Waals surface area contributed by atoms with Crippen molar-refractivity contribution >= 4 is 11.8 Å². The van der Waals surface area contributed by atoms with Crippen molar-refractivity contribution in [1.82, 2.24) is 0 Å². The van der Waals surface area contributed by atoms with Crippen molar-refractivity contribution in [3.63, 3.8) is 0 Å². The largest absolute Gasteiger partial charge is 0.289 e. The quantitative estimate of drug-likeness (QED) is 0.231. The average molecular weight is 404 g/mol. The fourth-order valence-corrected chi connectivity index (χ4v) is 4.59. The molecule has 29 heavy (non-hydrogen) atoms. The Balaban J connectivity index is 1.73. The average Bonchev–Trinajstić information content (AvgIpc) is 2.77. The molecule has 0 aliphatic carbocycles. The van der Waals surface area contributed by atoms with E-state index in [9.17, 15) is 5.11 Å². The van der Waals surface area contributed by atoms with Gasteiger partial charge >= 0.3 is 0 Å². The summed E-state index contributed by atoms with van der Waals surface area (Å²) < 4.78 is 0. The highest BCUT2D eigenvalue weighted by Crippen LogP contribution is 2.42. The van der Waals surface area contributed by atoms with Crippen LogP contribution in [-0.4, -0.2) is 5.75 Å². The van der Waals surface area contributed by atoms with Gasteiger partial charge in [-0.25, -0.2) is 0 Å². The molecule has 0 aromatic heterocycles. The molecule has 0 N–H and O–H groups in total. The van der Waals surface area contributed by atoms with E-state index in [4.69, 9.17) is 0 Å². The maximum atomic E-state index is 13.2. The van der Waals surface area contributed by atoms with Gasteiger partial charge in [0.05, 0.1) is 0 Å². The van der Waals surface area contributed by atoms with Crippen LogP contribution in [0.2, 0.25) is 0 Å². The van der Waals surface area contributed by atoms with Crippen LogP contribution in [0.5, 0.6) is 5.75 Å². The molecular weight excluding hydrogens is 372 g/mol. The second kappa shape index (κ2) is 11.7. The molecule has 151 valence electrons. The number of hydrogen-bond donors (Lipinski definition) is 0. The van der Waals surface area contributed by atoms with Crippen molar-refractivity contribution in [2.75, 3.05) is 5.75 Å².